The van der Waals surface area contributed by atoms with Crippen LogP contribution in [0.4, 0.5) is 0 Å². The maximum absolute atomic E-state index is 9.38. The molecular formula is C17H19NO. The summed E-state index contributed by atoms with van der Waals surface area (Å²) >= 11 is 0. The summed E-state index contributed by atoms with van der Waals surface area (Å²) < 4.78 is 0. The van der Waals surface area contributed by atoms with Gasteiger partial charge in [0.1, 0.15) is 0 Å². The van der Waals surface area contributed by atoms with Crippen molar-refractivity contribution < 1.29 is 5.21 Å². The van der Waals surface area contributed by atoms with Gasteiger partial charge in [0.05, 0.1) is 5.71 Å². The van der Waals surface area contributed by atoms with Crippen LogP contribution in [0.25, 0.3) is 0 Å². The van der Waals surface area contributed by atoms with Crippen molar-refractivity contribution in [2.45, 2.75) is 20.3 Å². The standard InChI is InChI=1S/C17H19NO/c1-17(2,13-14-9-5-3-6-10-14)16(18-19)15-11-7-4-8-12-15/h3-12,19H,13H2,1-2H3/b18-16+. The lowest BCUT2D eigenvalue weighted by Crippen LogP contribution is -2.28. The van der Waals surface area contributed by atoms with Crippen LogP contribution in [0.5, 0.6) is 0 Å². The topological polar surface area (TPSA) is 32.6 Å². The molecule has 2 nitrogen and oxygen atoms in total. The van der Waals surface area contributed by atoms with Crippen molar-refractivity contribution in [1.29, 1.82) is 0 Å². The fraction of sp³-hybridized carbons (Fsp3) is 0.235. The zero-order chi connectivity index (χ0) is 13.7. The van der Waals surface area contributed by atoms with Crippen LogP contribution >= 0.6 is 0 Å². The van der Waals surface area contributed by atoms with Crippen molar-refractivity contribution in [3.63, 3.8) is 0 Å². The summed E-state index contributed by atoms with van der Waals surface area (Å²) in [4.78, 5) is 0. The van der Waals surface area contributed by atoms with Crippen molar-refractivity contribution in [3.8, 4) is 0 Å². The van der Waals surface area contributed by atoms with E-state index in [9.17, 15) is 5.21 Å². The number of oxime groups is 1. The van der Waals surface area contributed by atoms with E-state index in [0.29, 0.717) is 0 Å². The fourth-order valence-electron chi connectivity index (χ4n) is 2.37. The number of hydrogen-bond acceptors (Lipinski definition) is 2. The molecule has 98 valence electrons. The predicted molar refractivity (Wildman–Crippen MR) is 78.7 cm³/mol. The molecule has 2 aromatic rings. The van der Waals surface area contributed by atoms with Gasteiger partial charge in [0.25, 0.3) is 0 Å². The summed E-state index contributed by atoms with van der Waals surface area (Å²) in [5.74, 6) is 0. The molecule has 19 heavy (non-hydrogen) atoms. The van der Waals surface area contributed by atoms with Crippen molar-refractivity contribution in [3.05, 3.63) is 71.8 Å². The van der Waals surface area contributed by atoms with Crippen LogP contribution in [0.2, 0.25) is 0 Å². The van der Waals surface area contributed by atoms with E-state index in [0.717, 1.165) is 17.7 Å². The van der Waals surface area contributed by atoms with Crippen molar-refractivity contribution in [1.82, 2.24) is 0 Å². The first-order valence-electron chi connectivity index (χ1n) is 6.45. The molecule has 2 heteroatoms. The van der Waals surface area contributed by atoms with Crippen LogP contribution in [-0.4, -0.2) is 10.9 Å². The van der Waals surface area contributed by atoms with Gasteiger partial charge in [0.15, 0.2) is 0 Å². The molecule has 0 aliphatic rings. The quantitative estimate of drug-likeness (QED) is 0.496. The molecule has 1 N–H and O–H groups in total. The lowest BCUT2D eigenvalue weighted by molar-refractivity contribution is 0.309. The lowest BCUT2D eigenvalue weighted by atomic mass is 9.78. The molecule has 2 rings (SSSR count). The van der Waals surface area contributed by atoms with Gasteiger partial charge < -0.3 is 5.21 Å². The normalized spacial score (nSPS) is 12.4. The molecule has 0 atom stereocenters. The van der Waals surface area contributed by atoms with Gasteiger partial charge in [-0.05, 0) is 17.5 Å². The van der Waals surface area contributed by atoms with Crippen LogP contribution in [0, 0.1) is 5.41 Å². The minimum Gasteiger partial charge on any atom is -0.411 e. The summed E-state index contributed by atoms with van der Waals surface area (Å²) in [7, 11) is 0. The second-order valence-electron chi connectivity index (χ2n) is 5.36. The molecule has 0 aliphatic carbocycles. The zero-order valence-corrected chi connectivity index (χ0v) is 11.4. The largest absolute Gasteiger partial charge is 0.411 e. The van der Waals surface area contributed by atoms with Crippen molar-refractivity contribution in [2.75, 3.05) is 0 Å². The summed E-state index contributed by atoms with van der Waals surface area (Å²) in [6, 6.07) is 20.1. The average molecular weight is 253 g/mol. The van der Waals surface area contributed by atoms with Crippen molar-refractivity contribution >= 4 is 5.71 Å². The number of benzene rings is 2. The Bertz CT molecular complexity index is 544. The minimum absolute atomic E-state index is 0.225. The molecule has 0 amide bonds. The molecule has 0 saturated carbocycles. The minimum atomic E-state index is -0.225. The monoisotopic (exact) mass is 253 g/mol. The van der Waals surface area contributed by atoms with Crippen LogP contribution in [0.3, 0.4) is 0 Å². The van der Waals surface area contributed by atoms with E-state index in [1.807, 2.05) is 48.5 Å². The number of nitrogens with zero attached hydrogens (tertiary/aromatic N) is 1. The molecule has 0 radical (unpaired) electrons. The maximum Gasteiger partial charge on any atom is 0.0927 e. The summed E-state index contributed by atoms with van der Waals surface area (Å²) in [6.45, 7) is 4.20. The highest BCUT2D eigenvalue weighted by Gasteiger charge is 2.27. The van der Waals surface area contributed by atoms with Gasteiger partial charge in [0, 0.05) is 5.41 Å². The van der Waals surface area contributed by atoms with E-state index in [2.05, 4.69) is 31.1 Å². The molecule has 0 aliphatic heterocycles. The Hall–Kier alpha value is -2.09. The van der Waals surface area contributed by atoms with Gasteiger partial charge in [-0.25, -0.2) is 0 Å². The van der Waals surface area contributed by atoms with Gasteiger partial charge in [-0.1, -0.05) is 79.7 Å². The van der Waals surface area contributed by atoms with Gasteiger partial charge in [-0.3, -0.25) is 0 Å². The summed E-state index contributed by atoms with van der Waals surface area (Å²) in [5, 5.41) is 12.9. The Kier molecular flexibility index (Phi) is 4.00. The summed E-state index contributed by atoms with van der Waals surface area (Å²) in [6.07, 6.45) is 0.835. The Morgan fingerprint density at radius 2 is 1.47 bits per heavy atom. The molecule has 0 unspecified atom stereocenters. The van der Waals surface area contributed by atoms with Gasteiger partial charge in [-0.15, -0.1) is 0 Å². The van der Waals surface area contributed by atoms with Crippen LogP contribution in [0.1, 0.15) is 25.0 Å². The Morgan fingerprint density at radius 1 is 0.947 bits per heavy atom. The van der Waals surface area contributed by atoms with E-state index >= 15 is 0 Å². The Morgan fingerprint density at radius 3 is 2.00 bits per heavy atom. The predicted octanol–water partition coefficient (Wildman–Crippen LogP) is 4.13. The zero-order valence-electron chi connectivity index (χ0n) is 11.4. The van der Waals surface area contributed by atoms with Gasteiger partial charge >= 0.3 is 0 Å². The highest BCUT2D eigenvalue weighted by molar-refractivity contribution is 6.04. The van der Waals surface area contributed by atoms with Crippen LogP contribution < -0.4 is 0 Å². The van der Waals surface area contributed by atoms with Crippen molar-refractivity contribution in [2.24, 2.45) is 10.6 Å². The van der Waals surface area contributed by atoms with E-state index in [4.69, 9.17) is 0 Å². The maximum atomic E-state index is 9.38. The molecule has 0 fully saturated rings. The number of rotatable bonds is 4. The van der Waals surface area contributed by atoms with E-state index in [1.54, 1.807) is 0 Å². The second-order valence-corrected chi connectivity index (χ2v) is 5.36. The first kappa shape index (κ1) is 13.3. The van der Waals surface area contributed by atoms with E-state index < -0.39 is 0 Å². The van der Waals surface area contributed by atoms with Gasteiger partial charge in [-0.2, -0.15) is 0 Å². The van der Waals surface area contributed by atoms with Crippen LogP contribution in [-0.2, 0) is 6.42 Å². The first-order valence-corrected chi connectivity index (χ1v) is 6.45. The fourth-order valence-corrected chi connectivity index (χ4v) is 2.37. The van der Waals surface area contributed by atoms with E-state index in [-0.39, 0.29) is 5.41 Å². The summed E-state index contributed by atoms with van der Waals surface area (Å²) in [5.41, 5.74) is 2.70. The van der Waals surface area contributed by atoms with Gasteiger partial charge in [0.2, 0.25) is 0 Å². The third-order valence-corrected chi connectivity index (χ3v) is 3.28. The molecule has 0 spiro atoms. The first-order chi connectivity index (χ1) is 9.13. The molecule has 0 bridgehead atoms. The van der Waals surface area contributed by atoms with E-state index in [1.165, 1.54) is 5.56 Å². The molecule has 0 saturated heterocycles. The SMILES string of the molecule is CC(C)(Cc1ccccc1)/C(=N/O)c1ccccc1. The average Bonchev–Trinajstić information content (AvgIpc) is 2.41. The number of hydrogen-bond donors (Lipinski definition) is 1. The molecule has 2 aromatic carbocycles. The Balaban J connectivity index is 2.27. The highest BCUT2D eigenvalue weighted by atomic mass is 16.4. The molecule has 0 aromatic heterocycles. The third kappa shape index (κ3) is 3.22. The highest BCUT2D eigenvalue weighted by Crippen LogP contribution is 2.27. The Labute approximate surface area is 114 Å². The lowest BCUT2D eigenvalue weighted by Gasteiger charge is -2.26. The second kappa shape index (κ2) is 5.70. The smallest absolute Gasteiger partial charge is 0.0927 e. The third-order valence-electron chi connectivity index (χ3n) is 3.28. The molecule has 0 heterocycles. The van der Waals surface area contributed by atoms with Crippen LogP contribution in [0.15, 0.2) is 65.8 Å². The molecular weight excluding hydrogens is 234 g/mol.